The molecule has 1 heterocycles. The van der Waals surface area contributed by atoms with Crippen molar-refractivity contribution in [2.75, 3.05) is 20.3 Å². The molecule has 2 unspecified atom stereocenters. The second kappa shape index (κ2) is 6.23. The molecule has 0 amide bonds. The van der Waals surface area contributed by atoms with Crippen LogP contribution in [0.3, 0.4) is 0 Å². The predicted molar refractivity (Wildman–Crippen MR) is 63.4 cm³/mol. The van der Waals surface area contributed by atoms with E-state index < -0.39 is 0 Å². The molecule has 3 nitrogen and oxygen atoms in total. The van der Waals surface area contributed by atoms with Crippen LogP contribution in [-0.2, 0) is 4.74 Å². The molecule has 0 aliphatic rings. The molecule has 0 spiro atoms. The van der Waals surface area contributed by atoms with Gasteiger partial charge in [-0.3, -0.25) is 0 Å². The van der Waals surface area contributed by atoms with Crippen molar-refractivity contribution >= 4 is 11.3 Å². The number of aliphatic hydroxyl groups is 1. The Labute approximate surface area is 95.1 Å². The molecular weight excluding hydrogens is 210 g/mol. The van der Waals surface area contributed by atoms with Gasteiger partial charge in [-0.15, -0.1) is 11.3 Å². The molecule has 0 bridgehead atoms. The van der Waals surface area contributed by atoms with Crippen LogP contribution in [0.1, 0.15) is 23.4 Å². The van der Waals surface area contributed by atoms with E-state index in [1.807, 2.05) is 0 Å². The van der Waals surface area contributed by atoms with Gasteiger partial charge in [-0.2, -0.15) is 0 Å². The van der Waals surface area contributed by atoms with Crippen molar-refractivity contribution in [3.8, 4) is 0 Å². The quantitative estimate of drug-likeness (QED) is 0.780. The third-order valence-electron chi connectivity index (χ3n) is 2.37. The lowest BCUT2D eigenvalue weighted by Crippen LogP contribution is -2.38. The first-order valence-corrected chi connectivity index (χ1v) is 5.96. The van der Waals surface area contributed by atoms with Crippen LogP contribution in [0.2, 0.25) is 0 Å². The molecular formula is C11H19NO2S. The van der Waals surface area contributed by atoms with Crippen LogP contribution in [0, 0.1) is 6.92 Å². The fraction of sp³-hybridized carbons (Fsp3) is 0.636. The van der Waals surface area contributed by atoms with Crippen LogP contribution in [-0.4, -0.2) is 31.5 Å². The SMILES string of the molecule is COCC(CO)NC(C)c1sccc1C. The van der Waals surface area contributed by atoms with Crippen molar-refractivity contribution in [2.45, 2.75) is 25.9 Å². The average molecular weight is 229 g/mol. The summed E-state index contributed by atoms with van der Waals surface area (Å²) in [6, 6.07) is 2.38. The summed E-state index contributed by atoms with van der Waals surface area (Å²) in [5.41, 5.74) is 1.30. The molecule has 0 aromatic carbocycles. The zero-order valence-corrected chi connectivity index (χ0v) is 10.3. The minimum absolute atomic E-state index is 0.00602. The van der Waals surface area contributed by atoms with Crippen molar-refractivity contribution in [3.63, 3.8) is 0 Å². The number of hydrogen-bond donors (Lipinski definition) is 2. The predicted octanol–water partition coefficient (Wildman–Crippen LogP) is 1.71. The molecule has 0 radical (unpaired) electrons. The number of methoxy groups -OCH3 is 1. The van der Waals surface area contributed by atoms with Gasteiger partial charge in [-0.25, -0.2) is 0 Å². The fourth-order valence-electron chi connectivity index (χ4n) is 1.61. The van der Waals surface area contributed by atoms with Gasteiger partial charge in [-0.05, 0) is 30.9 Å². The monoisotopic (exact) mass is 229 g/mol. The maximum atomic E-state index is 9.13. The van der Waals surface area contributed by atoms with E-state index in [4.69, 9.17) is 9.84 Å². The van der Waals surface area contributed by atoms with Gasteiger partial charge in [0.2, 0.25) is 0 Å². The van der Waals surface area contributed by atoms with E-state index in [9.17, 15) is 0 Å². The topological polar surface area (TPSA) is 41.5 Å². The molecule has 1 aromatic heterocycles. The Hall–Kier alpha value is -0.420. The summed E-state index contributed by atoms with van der Waals surface area (Å²) < 4.78 is 5.02. The number of nitrogens with one attached hydrogen (secondary N) is 1. The Kier molecular flexibility index (Phi) is 5.25. The third-order valence-corrected chi connectivity index (χ3v) is 3.57. The van der Waals surface area contributed by atoms with E-state index in [1.165, 1.54) is 10.4 Å². The van der Waals surface area contributed by atoms with Gasteiger partial charge in [0.25, 0.3) is 0 Å². The number of aliphatic hydroxyl groups excluding tert-OH is 1. The van der Waals surface area contributed by atoms with Crippen molar-refractivity contribution in [2.24, 2.45) is 0 Å². The molecule has 86 valence electrons. The highest BCUT2D eigenvalue weighted by Crippen LogP contribution is 2.23. The molecule has 0 aliphatic carbocycles. The molecule has 2 N–H and O–H groups in total. The van der Waals surface area contributed by atoms with Crippen LogP contribution >= 0.6 is 11.3 Å². The van der Waals surface area contributed by atoms with Crippen LogP contribution in [0.4, 0.5) is 0 Å². The van der Waals surface area contributed by atoms with Gasteiger partial charge < -0.3 is 15.2 Å². The highest BCUT2D eigenvalue weighted by molar-refractivity contribution is 7.10. The van der Waals surface area contributed by atoms with E-state index in [2.05, 4.69) is 30.6 Å². The summed E-state index contributed by atoms with van der Waals surface area (Å²) in [7, 11) is 1.64. The Morgan fingerprint density at radius 2 is 2.33 bits per heavy atom. The van der Waals surface area contributed by atoms with Crippen molar-refractivity contribution < 1.29 is 9.84 Å². The number of aryl methyl sites for hydroxylation is 1. The second-order valence-electron chi connectivity index (χ2n) is 3.69. The molecule has 0 saturated heterocycles. The second-order valence-corrected chi connectivity index (χ2v) is 4.64. The van der Waals surface area contributed by atoms with Gasteiger partial charge in [0.15, 0.2) is 0 Å². The lowest BCUT2D eigenvalue weighted by molar-refractivity contribution is 0.123. The number of rotatable bonds is 6. The van der Waals surface area contributed by atoms with Gasteiger partial charge in [0.05, 0.1) is 19.3 Å². The summed E-state index contributed by atoms with van der Waals surface area (Å²) in [5.74, 6) is 0. The Bertz CT molecular complexity index is 288. The third kappa shape index (κ3) is 3.57. The Morgan fingerprint density at radius 3 is 2.80 bits per heavy atom. The fourth-order valence-corrected chi connectivity index (χ4v) is 2.56. The zero-order valence-electron chi connectivity index (χ0n) is 9.49. The summed E-state index contributed by atoms with van der Waals surface area (Å²) in [4.78, 5) is 1.32. The van der Waals surface area contributed by atoms with E-state index in [1.54, 1.807) is 18.4 Å². The number of ether oxygens (including phenoxy) is 1. The van der Waals surface area contributed by atoms with Crippen molar-refractivity contribution in [1.29, 1.82) is 0 Å². The molecule has 1 aromatic rings. The summed E-state index contributed by atoms with van der Waals surface area (Å²) in [5, 5.41) is 14.6. The summed E-state index contributed by atoms with van der Waals surface area (Å²) >= 11 is 1.74. The first-order chi connectivity index (χ1) is 7.19. The molecule has 0 fully saturated rings. The minimum Gasteiger partial charge on any atom is -0.395 e. The average Bonchev–Trinajstić information content (AvgIpc) is 2.63. The van der Waals surface area contributed by atoms with E-state index >= 15 is 0 Å². The molecule has 1 rings (SSSR count). The summed E-state index contributed by atoms with van der Waals surface area (Å²) in [6.07, 6.45) is 0. The molecule has 2 atom stereocenters. The Morgan fingerprint density at radius 1 is 1.60 bits per heavy atom. The molecule has 0 aliphatic heterocycles. The highest BCUT2D eigenvalue weighted by Gasteiger charge is 2.14. The maximum Gasteiger partial charge on any atom is 0.0638 e. The lowest BCUT2D eigenvalue weighted by Gasteiger charge is -2.20. The largest absolute Gasteiger partial charge is 0.395 e. The van der Waals surface area contributed by atoms with E-state index in [-0.39, 0.29) is 18.7 Å². The Balaban J connectivity index is 2.54. The van der Waals surface area contributed by atoms with Gasteiger partial charge >= 0.3 is 0 Å². The number of thiophene rings is 1. The first-order valence-electron chi connectivity index (χ1n) is 5.08. The standard InChI is InChI=1S/C11H19NO2S/c1-8-4-5-15-11(8)9(2)12-10(6-13)7-14-3/h4-5,9-10,12-13H,6-7H2,1-3H3. The maximum absolute atomic E-state index is 9.13. The van der Waals surface area contributed by atoms with Crippen molar-refractivity contribution in [3.05, 3.63) is 21.9 Å². The zero-order chi connectivity index (χ0) is 11.3. The van der Waals surface area contributed by atoms with E-state index in [0.717, 1.165) is 0 Å². The van der Waals surface area contributed by atoms with Crippen LogP contribution in [0.25, 0.3) is 0 Å². The van der Waals surface area contributed by atoms with Crippen LogP contribution in [0.5, 0.6) is 0 Å². The van der Waals surface area contributed by atoms with Gasteiger partial charge in [0, 0.05) is 18.0 Å². The normalized spacial score (nSPS) is 15.2. The van der Waals surface area contributed by atoms with E-state index in [0.29, 0.717) is 6.61 Å². The number of hydrogen-bond acceptors (Lipinski definition) is 4. The highest BCUT2D eigenvalue weighted by atomic mass is 32.1. The molecule has 4 heteroatoms. The van der Waals surface area contributed by atoms with Crippen LogP contribution in [0.15, 0.2) is 11.4 Å². The van der Waals surface area contributed by atoms with Gasteiger partial charge in [-0.1, -0.05) is 0 Å². The smallest absolute Gasteiger partial charge is 0.0638 e. The van der Waals surface area contributed by atoms with Gasteiger partial charge in [0.1, 0.15) is 0 Å². The summed E-state index contributed by atoms with van der Waals surface area (Å²) in [6.45, 7) is 4.85. The molecule has 15 heavy (non-hydrogen) atoms. The lowest BCUT2D eigenvalue weighted by atomic mass is 10.1. The van der Waals surface area contributed by atoms with Crippen LogP contribution < -0.4 is 5.32 Å². The minimum atomic E-state index is 0.00602. The first kappa shape index (κ1) is 12.6. The van der Waals surface area contributed by atoms with Crippen molar-refractivity contribution in [1.82, 2.24) is 5.32 Å². The molecule has 0 saturated carbocycles.